The first-order chi connectivity index (χ1) is 11.1. The van der Waals surface area contributed by atoms with Gasteiger partial charge in [0, 0.05) is 33.7 Å². The average molecular weight is 394 g/mol. The smallest absolute Gasteiger partial charge is 0.166 e. The number of nitrogens with one attached hydrogen (secondary N) is 3. The average Bonchev–Trinajstić information content (AvgIpc) is 2.84. The summed E-state index contributed by atoms with van der Waals surface area (Å²) in [6.07, 6.45) is 7.48. The largest absolute Gasteiger partial charge is 0.362 e. The fraction of sp³-hybridized carbons (Fsp3) is 0.500. The van der Waals surface area contributed by atoms with E-state index in [1.54, 1.807) is 0 Å². The Morgan fingerprint density at radius 3 is 2.87 bits per heavy atom. The first-order valence-corrected chi connectivity index (χ1v) is 9.64. The zero-order valence-corrected chi connectivity index (χ0v) is 15.9. The van der Waals surface area contributed by atoms with Crippen LogP contribution in [0.1, 0.15) is 43.4 Å². The molecule has 1 aliphatic carbocycles. The molecule has 0 radical (unpaired) electrons. The molecule has 124 valence electrons. The number of benzene rings is 1. The number of aryl methyl sites for hydroxylation is 1. The van der Waals surface area contributed by atoms with E-state index in [2.05, 4.69) is 56.7 Å². The van der Waals surface area contributed by atoms with Crippen LogP contribution in [0.4, 0.5) is 0 Å². The zero-order valence-electron chi connectivity index (χ0n) is 13.5. The molecule has 3 nitrogen and oxygen atoms in total. The second-order valence-corrected chi connectivity index (χ2v) is 7.73. The fourth-order valence-electron chi connectivity index (χ4n) is 3.46. The fourth-order valence-corrected chi connectivity index (χ4v) is 4.09. The third-order valence-corrected chi connectivity index (χ3v) is 5.44. The van der Waals surface area contributed by atoms with Crippen LogP contribution in [-0.2, 0) is 6.42 Å². The molecular formula is C18H24BrN3S. The Bertz CT molecular complexity index is 689. The van der Waals surface area contributed by atoms with E-state index in [9.17, 15) is 0 Å². The third-order valence-electron chi connectivity index (χ3n) is 4.68. The molecule has 0 atom stereocenters. The van der Waals surface area contributed by atoms with Crippen molar-refractivity contribution in [3.63, 3.8) is 0 Å². The Morgan fingerprint density at radius 2 is 2.09 bits per heavy atom. The van der Waals surface area contributed by atoms with Crippen LogP contribution in [0.3, 0.4) is 0 Å². The highest BCUT2D eigenvalue weighted by atomic mass is 79.9. The highest BCUT2D eigenvalue weighted by Gasteiger charge is 2.14. The Hall–Kier alpha value is -1.07. The Balaban J connectivity index is 1.55. The van der Waals surface area contributed by atoms with Gasteiger partial charge in [0.05, 0.1) is 0 Å². The molecule has 23 heavy (non-hydrogen) atoms. The van der Waals surface area contributed by atoms with Gasteiger partial charge in [-0.25, -0.2) is 0 Å². The standard InChI is InChI=1S/C18H24BrN3S/c1-12-15(16-11-13(19)7-8-17(16)21-12)9-10-20-18(23)22-14-5-3-2-4-6-14/h7-8,11,14,21H,2-6,9-10H2,1H3,(H2,20,22,23). The van der Waals surface area contributed by atoms with Crippen LogP contribution < -0.4 is 10.6 Å². The summed E-state index contributed by atoms with van der Waals surface area (Å²) in [7, 11) is 0. The van der Waals surface area contributed by atoms with Gasteiger partial charge in [-0.15, -0.1) is 0 Å². The Kier molecular flexibility index (Phi) is 5.59. The lowest BCUT2D eigenvalue weighted by Crippen LogP contribution is -2.43. The molecule has 1 aromatic heterocycles. The van der Waals surface area contributed by atoms with Gasteiger partial charge in [-0.3, -0.25) is 0 Å². The van der Waals surface area contributed by atoms with Crippen molar-refractivity contribution in [2.24, 2.45) is 0 Å². The van der Waals surface area contributed by atoms with Gasteiger partial charge in [-0.1, -0.05) is 35.2 Å². The van der Waals surface area contributed by atoms with Gasteiger partial charge in [0.15, 0.2) is 5.11 Å². The number of rotatable bonds is 4. The predicted octanol–water partition coefficient (Wildman–Crippen LogP) is 4.58. The summed E-state index contributed by atoms with van der Waals surface area (Å²) in [5, 5.41) is 8.93. The molecule has 1 fully saturated rings. The quantitative estimate of drug-likeness (QED) is 0.665. The molecule has 3 rings (SSSR count). The van der Waals surface area contributed by atoms with E-state index < -0.39 is 0 Å². The van der Waals surface area contributed by atoms with Crippen LogP contribution in [0.15, 0.2) is 22.7 Å². The molecular weight excluding hydrogens is 370 g/mol. The number of thiocarbonyl (C=S) groups is 1. The SMILES string of the molecule is Cc1[nH]c2ccc(Br)cc2c1CCNC(=S)NC1CCCCC1. The van der Waals surface area contributed by atoms with Gasteiger partial charge >= 0.3 is 0 Å². The molecule has 0 saturated heterocycles. The number of hydrogen-bond donors (Lipinski definition) is 3. The van der Waals surface area contributed by atoms with Crippen molar-refractivity contribution >= 4 is 44.2 Å². The lowest BCUT2D eigenvalue weighted by molar-refractivity contribution is 0.412. The number of H-pyrrole nitrogens is 1. The monoisotopic (exact) mass is 393 g/mol. The van der Waals surface area contributed by atoms with Crippen molar-refractivity contribution in [2.45, 2.75) is 51.5 Å². The van der Waals surface area contributed by atoms with Gasteiger partial charge in [-0.2, -0.15) is 0 Å². The van der Waals surface area contributed by atoms with Crippen molar-refractivity contribution in [2.75, 3.05) is 6.54 Å². The van der Waals surface area contributed by atoms with Crippen LogP contribution in [0.25, 0.3) is 10.9 Å². The predicted molar refractivity (Wildman–Crippen MR) is 105 cm³/mol. The molecule has 2 aromatic rings. The van der Waals surface area contributed by atoms with Crippen molar-refractivity contribution in [3.05, 3.63) is 33.9 Å². The normalized spacial score (nSPS) is 15.7. The first-order valence-electron chi connectivity index (χ1n) is 8.44. The first kappa shape index (κ1) is 16.8. The van der Waals surface area contributed by atoms with E-state index in [1.807, 2.05) is 0 Å². The number of aromatic nitrogens is 1. The van der Waals surface area contributed by atoms with E-state index in [0.29, 0.717) is 6.04 Å². The molecule has 0 bridgehead atoms. The van der Waals surface area contributed by atoms with Crippen molar-refractivity contribution in [3.8, 4) is 0 Å². The summed E-state index contributed by atoms with van der Waals surface area (Å²) in [4.78, 5) is 3.46. The summed E-state index contributed by atoms with van der Waals surface area (Å²) in [6, 6.07) is 6.95. The van der Waals surface area contributed by atoms with E-state index >= 15 is 0 Å². The molecule has 1 heterocycles. The van der Waals surface area contributed by atoms with Crippen LogP contribution in [-0.4, -0.2) is 22.7 Å². The zero-order chi connectivity index (χ0) is 16.2. The maximum absolute atomic E-state index is 5.44. The van der Waals surface area contributed by atoms with Crippen LogP contribution >= 0.6 is 28.1 Å². The topological polar surface area (TPSA) is 39.9 Å². The number of halogens is 1. The van der Waals surface area contributed by atoms with Gasteiger partial charge in [0.25, 0.3) is 0 Å². The van der Waals surface area contributed by atoms with Crippen molar-refractivity contribution in [1.82, 2.24) is 15.6 Å². The summed E-state index contributed by atoms with van der Waals surface area (Å²) < 4.78 is 1.12. The van der Waals surface area contributed by atoms with Gasteiger partial charge < -0.3 is 15.6 Å². The molecule has 0 aliphatic heterocycles. The molecule has 0 unspecified atom stereocenters. The molecule has 3 N–H and O–H groups in total. The second-order valence-electron chi connectivity index (χ2n) is 6.40. The molecule has 0 amide bonds. The summed E-state index contributed by atoms with van der Waals surface area (Å²) in [6.45, 7) is 3.00. The lowest BCUT2D eigenvalue weighted by atomic mass is 9.96. The van der Waals surface area contributed by atoms with Crippen LogP contribution in [0.2, 0.25) is 0 Å². The maximum atomic E-state index is 5.44. The second kappa shape index (κ2) is 7.67. The minimum Gasteiger partial charge on any atom is -0.362 e. The minimum atomic E-state index is 0.564. The highest BCUT2D eigenvalue weighted by Crippen LogP contribution is 2.25. The lowest BCUT2D eigenvalue weighted by Gasteiger charge is -2.24. The van der Waals surface area contributed by atoms with Crippen molar-refractivity contribution in [1.29, 1.82) is 0 Å². The molecule has 5 heteroatoms. The van der Waals surface area contributed by atoms with Gasteiger partial charge in [0.1, 0.15) is 0 Å². The van der Waals surface area contributed by atoms with E-state index in [-0.39, 0.29) is 0 Å². The third kappa shape index (κ3) is 4.27. The van der Waals surface area contributed by atoms with E-state index in [4.69, 9.17) is 12.2 Å². The van der Waals surface area contributed by atoms with Gasteiger partial charge in [-0.05, 0) is 62.2 Å². The number of hydrogen-bond acceptors (Lipinski definition) is 1. The van der Waals surface area contributed by atoms with Crippen LogP contribution in [0.5, 0.6) is 0 Å². The maximum Gasteiger partial charge on any atom is 0.166 e. The molecule has 1 saturated carbocycles. The van der Waals surface area contributed by atoms with Crippen molar-refractivity contribution < 1.29 is 0 Å². The van der Waals surface area contributed by atoms with E-state index in [1.165, 1.54) is 54.3 Å². The minimum absolute atomic E-state index is 0.564. The Morgan fingerprint density at radius 1 is 1.30 bits per heavy atom. The van der Waals surface area contributed by atoms with Crippen LogP contribution in [0, 0.1) is 6.92 Å². The highest BCUT2D eigenvalue weighted by molar-refractivity contribution is 9.10. The summed E-state index contributed by atoms with van der Waals surface area (Å²) in [5.41, 5.74) is 3.81. The summed E-state index contributed by atoms with van der Waals surface area (Å²) in [5.74, 6) is 0. The molecule has 1 aromatic carbocycles. The summed E-state index contributed by atoms with van der Waals surface area (Å²) >= 11 is 9.00. The molecule has 0 spiro atoms. The Labute approximate surface area is 151 Å². The van der Waals surface area contributed by atoms with Gasteiger partial charge in [0.2, 0.25) is 0 Å². The molecule has 1 aliphatic rings. The number of aromatic amines is 1. The van der Waals surface area contributed by atoms with E-state index in [0.717, 1.165) is 22.6 Å². The number of fused-ring (bicyclic) bond motifs is 1.